The first-order valence-corrected chi connectivity index (χ1v) is 12.7. The molecule has 0 aromatic heterocycles. The summed E-state index contributed by atoms with van der Waals surface area (Å²) in [6.45, 7) is 2.97. The first-order valence-electron chi connectivity index (χ1n) is 12.7. The van der Waals surface area contributed by atoms with Gasteiger partial charge in [0.05, 0.1) is 61.7 Å². The fourth-order valence-corrected chi connectivity index (χ4v) is 4.52. The van der Waals surface area contributed by atoms with E-state index in [2.05, 4.69) is 37.4 Å². The molecule has 3 aromatic rings. The van der Waals surface area contributed by atoms with E-state index in [-0.39, 0.29) is 0 Å². The summed E-state index contributed by atoms with van der Waals surface area (Å²) in [5, 5.41) is 0. The molecule has 1 atom stereocenters. The molecule has 0 bridgehead atoms. The molecule has 2 amide bonds. The Morgan fingerprint density at radius 1 is 0.711 bits per heavy atom. The van der Waals surface area contributed by atoms with E-state index in [0.29, 0.717) is 29.5 Å². The van der Waals surface area contributed by atoms with Gasteiger partial charge in [0.25, 0.3) is 0 Å². The Bertz CT molecular complexity index is 1190. The lowest BCUT2D eigenvalue weighted by atomic mass is 10.1. The number of likely N-dealkylation sites (N-methyl/N-ethyl adjacent to an activating group) is 1. The maximum atomic E-state index is 12.5. The minimum absolute atomic E-state index is 0.460. The Hall–Kier alpha value is -3.91. The van der Waals surface area contributed by atoms with Crippen molar-refractivity contribution in [1.29, 1.82) is 0 Å². The standard InChI is InChI=1S/C30H39N3O5/c1-33(18-15-23-9-7-6-8-10-23,19-16-24-11-13-26(35-2)28(21-24)37-4)20-17-32(30(31)34)25-12-14-27(36-3)29(22-25)38-5/h6-14,21-22H,15-20H2,1-5H3,(H-,31,34)/p+1. The molecule has 3 aromatic carbocycles. The van der Waals surface area contributed by atoms with Gasteiger partial charge in [0.2, 0.25) is 0 Å². The zero-order valence-corrected chi connectivity index (χ0v) is 23.1. The van der Waals surface area contributed by atoms with Gasteiger partial charge in [0.1, 0.15) is 0 Å². The van der Waals surface area contributed by atoms with Crippen LogP contribution in [0.1, 0.15) is 11.1 Å². The first kappa shape index (κ1) is 28.7. The highest BCUT2D eigenvalue weighted by molar-refractivity contribution is 5.91. The number of carbonyl (C=O) groups excluding carboxylic acids is 1. The second kappa shape index (κ2) is 13.6. The van der Waals surface area contributed by atoms with Crippen LogP contribution in [0.2, 0.25) is 0 Å². The summed E-state index contributed by atoms with van der Waals surface area (Å²) < 4.78 is 22.4. The number of rotatable bonds is 14. The molecule has 0 spiro atoms. The minimum atomic E-state index is -0.508. The molecule has 0 aliphatic carbocycles. The van der Waals surface area contributed by atoms with Crippen LogP contribution in [0.3, 0.4) is 0 Å². The third kappa shape index (κ3) is 7.55. The van der Waals surface area contributed by atoms with Crippen LogP contribution in [0.25, 0.3) is 0 Å². The van der Waals surface area contributed by atoms with Crippen molar-refractivity contribution in [3.05, 3.63) is 77.9 Å². The number of urea groups is 1. The number of primary amides is 1. The summed E-state index contributed by atoms with van der Waals surface area (Å²) in [5.74, 6) is 2.58. The van der Waals surface area contributed by atoms with Crippen molar-refractivity contribution in [1.82, 2.24) is 0 Å². The molecule has 3 rings (SSSR count). The van der Waals surface area contributed by atoms with Crippen molar-refractivity contribution in [2.45, 2.75) is 12.8 Å². The van der Waals surface area contributed by atoms with E-state index in [1.807, 2.05) is 24.3 Å². The lowest BCUT2D eigenvalue weighted by Gasteiger charge is -2.36. The lowest BCUT2D eigenvalue weighted by molar-refractivity contribution is -0.907. The fraction of sp³-hybridized carbons (Fsp3) is 0.367. The molecule has 0 fully saturated rings. The number of quaternary nitrogens is 1. The van der Waals surface area contributed by atoms with Gasteiger partial charge in [0.15, 0.2) is 23.0 Å². The molecule has 0 aliphatic heterocycles. The molecular formula is C30H40N3O5+. The number of nitrogens with zero attached hydrogens (tertiary/aromatic N) is 2. The number of carbonyl (C=O) groups is 1. The summed E-state index contributed by atoms with van der Waals surface area (Å²) in [5.41, 5.74) is 8.95. The van der Waals surface area contributed by atoms with E-state index in [9.17, 15) is 4.79 Å². The third-order valence-corrected chi connectivity index (χ3v) is 6.98. The van der Waals surface area contributed by atoms with Gasteiger partial charge in [-0.25, -0.2) is 4.79 Å². The van der Waals surface area contributed by atoms with Gasteiger partial charge in [0, 0.05) is 24.6 Å². The number of hydrogen-bond donors (Lipinski definition) is 1. The van der Waals surface area contributed by atoms with E-state index >= 15 is 0 Å². The predicted octanol–water partition coefficient (Wildman–Crippen LogP) is 4.54. The third-order valence-electron chi connectivity index (χ3n) is 6.98. The van der Waals surface area contributed by atoms with Crippen LogP contribution in [0.15, 0.2) is 66.7 Å². The predicted molar refractivity (Wildman–Crippen MR) is 151 cm³/mol. The van der Waals surface area contributed by atoms with E-state index < -0.39 is 6.03 Å². The zero-order valence-electron chi connectivity index (χ0n) is 23.1. The van der Waals surface area contributed by atoms with Crippen LogP contribution < -0.4 is 29.6 Å². The summed E-state index contributed by atoms with van der Waals surface area (Å²) in [4.78, 5) is 14.1. The fourth-order valence-electron chi connectivity index (χ4n) is 4.52. The van der Waals surface area contributed by atoms with Crippen LogP contribution in [0, 0.1) is 0 Å². The number of benzene rings is 3. The molecule has 8 heteroatoms. The molecular weight excluding hydrogens is 482 g/mol. The number of amides is 2. The maximum absolute atomic E-state index is 12.5. The van der Waals surface area contributed by atoms with Gasteiger partial charge in [-0.3, -0.25) is 4.90 Å². The second-order valence-corrected chi connectivity index (χ2v) is 9.49. The van der Waals surface area contributed by atoms with Crippen LogP contribution >= 0.6 is 0 Å². The van der Waals surface area contributed by atoms with Gasteiger partial charge >= 0.3 is 6.03 Å². The Kier molecular flexibility index (Phi) is 10.2. The average molecular weight is 523 g/mol. The highest BCUT2D eigenvalue weighted by atomic mass is 16.5. The van der Waals surface area contributed by atoms with Crippen LogP contribution in [0.5, 0.6) is 23.0 Å². The second-order valence-electron chi connectivity index (χ2n) is 9.49. The molecule has 2 N–H and O–H groups in total. The molecule has 204 valence electrons. The first-order chi connectivity index (χ1) is 18.3. The molecule has 8 nitrogen and oxygen atoms in total. The van der Waals surface area contributed by atoms with Crippen LogP contribution in [-0.4, -0.2) is 72.2 Å². The number of nitrogens with two attached hydrogens (primary N) is 1. The minimum Gasteiger partial charge on any atom is -0.493 e. The van der Waals surface area contributed by atoms with Crippen molar-refractivity contribution in [2.75, 3.05) is 66.6 Å². The molecule has 0 radical (unpaired) electrons. The van der Waals surface area contributed by atoms with E-state index in [0.717, 1.165) is 42.7 Å². The quantitative estimate of drug-likeness (QED) is 0.315. The van der Waals surface area contributed by atoms with Gasteiger partial charge in [-0.15, -0.1) is 0 Å². The molecule has 38 heavy (non-hydrogen) atoms. The highest BCUT2D eigenvalue weighted by Crippen LogP contribution is 2.32. The summed E-state index contributed by atoms with van der Waals surface area (Å²) in [6.07, 6.45) is 1.77. The van der Waals surface area contributed by atoms with Gasteiger partial charge in [-0.05, 0) is 35.4 Å². The number of methoxy groups -OCH3 is 4. The van der Waals surface area contributed by atoms with E-state index in [1.165, 1.54) is 11.1 Å². The van der Waals surface area contributed by atoms with Crippen LogP contribution in [-0.2, 0) is 12.8 Å². The summed E-state index contributed by atoms with van der Waals surface area (Å²) in [7, 11) is 8.67. The molecule has 0 saturated heterocycles. The van der Waals surface area contributed by atoms with Crippen molar-refractivity contribution in [3.63, 3.8) is 0 Å². The molecule has 0 saturated carbocycles. The van der Waals surface area contributed by atoms with Crippen molar-refractivity contribution >= 4 is 11.7 Å². The molecule has 0 heterocycles. The zero-order chi connectivity index (χ0) is 27.5. The van der Waals surface area contributed by atoms with Crippen molar-refractivity contribution in [3.8, 4) is 23.0 Å². The molecule has 1 unspecified atom stereocenters. The van der Waals surface area contributed by atoms with E-state index in [1.54, 1.807) is 45.5 Å². The SMILES string of the molecule is COc1ccc(CC[N+](C)(CCc2ccccc2)CCN(C(N)=O)c2ccc(OC)c(OC)c2)cc1OC. The van der Waals surface area contributed by atoms with E-state index in [4.69, 9.17) is 24.7 Å². The summed E-state index contributed by atoms with van der Waals surface area (Å²) in [6, 6.07) is 21.4. The Labute approximate surface area is 226 Å². The van der Waals surface area contributed by atoms with Crippen molar-refractivity contribution < 1.29 is 28.2 Å². The van der Waals surface area contributed by atoms with Gasteiger partial charge in [-0.2, -0.15) is 0 Å². The van der Waals surface area contributed by atoms with Crippen molar-refractivity contribution in [2.24, 2.45) is 5.73 Å². The monoisotopic (exact) mass is 522 g/mol. The lowest BCUT2D eigenvalue weighted by Crippen LogP contribution is -2.52. The van der Waals surface area contributed by atoms with Gasteiger partial charge in [-0.1, -0.05) is 36.4 Å². The number of ether oxygens (including phenoxy) is 4. The summed E-state index contributed by atoms with van der Waals surface area (Å²) >= 11 is 0. The van der Waals surface area contributed by atoms with Crippen LogP contribution in [0.4, 0.5) is 10.5 Å². The largest absolute Gasteiger partial charge is 0.493 e. The topological polar surface area (TPSA) is 83.3 Å². The molecule has 0 aliphatic rings. The Balaban J connectivity index is 1.80. The number of hydrogen-bond acceptors (Lipinski definition) is 5. The Morgan fingerprint density at radius 2 is 1.26 bits per heavy atom. The number of anilines is 1. The Morgan fingerprint density at radius 3 is 1.84 bits per heavy atom. The maximum Gasteiger partial charge on any atom is 0.319 e. The average Bonchev–Trinajstić information content (AvgIpc) is 2.95. The van der Waals surface area contributed by atoms with Gasteiger partial charge < -0.3 is 29.2 Å². The highest BCUT2D eigenvalue weighted by Gasteiger charge is 2.25. The smallest absolute Gasteiger partial charge is 0.319 e. The normalized spacial score (nSPS) is 12.3.